The third-order valence-electron chi connectivity index (χ3n) is 6.61. The normalized spacial score (nSPS) is 16.7. The lowest BCUT2D eigenvalue weighted by Crippen LogP contribution is -2.30. The Morgan fingerprint density at radius 2 is 1.51 bits per heavy atom. The Morgan fingerprint density at radius 3 is 2.18 bits per heavy atom. The van der Waals surface area contributed by atoms with E-state index < -0.39 is 0 Å². The van der Waals surface area contributed by atoms with E-state index >= 15 is 0 Å². The second-order valence-corrected chi connectivity index (χ2v) is 10.5. The number of nitrogens with one attached hydrogen (secondary N) is 1. The molecule has 0 aliphatic carbocycles. The molecule has 39 heavy (non-hydrogen) atoms. The van der Waals surface area contributed by atoms with Crippen LogP contribution >= 0.6 is 24.0 Å². The summed E-state index contributed by atoms with van der Waals surface area (Å²) in [5, 5.41) is 15.1. The zero-order valence-electron chi connectivity index (χ0n) is 20.6. The number of aromatic nitrogens is 2. The molecule has 1 aliphatic heterocycles. The fourth-order valence-corrected chi connectivity index (χ4v) is 6.00. The Morgan fingerprint density at radius 1 is 0.821 bits per heavy atom. The van der Waals surface area contributed by atoms with Crippen molar-refractivity contribution in [2.24, 2.45) is 0 Å². The van der Waals surface area contributed by atoms with E-state index in [1.807, 2.05) is 48.5 Å². The van der Waals surface area contributed by atoms with E-state index in [1.54, 1.807) is 30.1 Å². The predicted octanol–water partition coefficient (Wildman–Crippen LogP) is 7.11. The molecule has 6 rings (SSSR count). The van der Waals surface area contributed by atoms with Crippen molar-refractivity contribution in [3.05, 3.63) is 143 Å². The zero-order chi connectivity index (χ0) is 26.8. The van der Waals surface area contributed by atoms with Crippen molar-refractivity contribution in [1.29, 1.82) is 0 Å². The van der Waals surface area contributed by atoms with Gasteiger partial charge in [-0.2, -0.15) is 0 Å². The number of para-hydroxylation sites is 1. The highest BCUT2D eigenvalue weighted by Gasteiger charge is 2.42. The highest BCUT2D eigenvalue weighted by Crippen LogP contribution is 2.43. The van der Waals surface area contributed by atoms with Crippen LogP contribution in [0.25, 0.3) is 5.69 Å². The first kappa shape index (κ1) is 24.8. The summed E-state index contributed by atoms with van der Waals surface area (Å²) in [7, 11) is 0. The maximum Gasteiger partial charge on any atom is 0.269 e. The summed E-state index contributed by atoms with van der Waals surface area (Å²) in [6, 6.07) is 34.9. The summed E-state index contributed by atoms with van der Waals surface area (Å²) in [5.41, 5.74) is 4.13. The maximum absolute atomic E-state index is 11.0. The highest BCUT2D eigenvalue weighted by molar-refractivity contribution is 7.99. The molecule has 0 bridgehead atoms. The average molecular weight is 550 g/mol. The summed E-state index contributed by atoms with van der Waals surface area (Å²) in [6.07, 6.45) is 3.88. The molecule has 0 spiro atoms. The quantitative estimate of drug-likeness (QED) is 0.132. The Labute approximate surface area is 235 Å². The second kappa shape index (κ2) is 10.7. The summed E-state index contributed by atoms with van der Waals surface area (Å²) in [6.45, 7) is 0. The van der Waals surface area contributed by atoms with Gasteiger partial charge in [0.2, 0.25) is 0 Å². The lowest BCUT2D eigenvalue weighted by atomic mass is 10.0. The first-order chi connectivity index (χ1) is 19.1. The molecule has 2 atom stereocenters. The average Bonchev–Trinajstić information content (AvgIpc) is 3.59. The van der Waals surface area contributed by atoms with Gasteiger partial charge in [-0.1, -0.05) is 36.0 Å². The smallest absolute Gasteiger partial charge is 0.269 e. The molecule has 1 N–H and O–H groups in total. The monoisotopic (exact) mass is 549 g/mol. The minimum absolute atomic E-state index is 0.0819. The van der Waals surface area contributed by atoms with Gasteiger partial charge in [-0.05, 0) is 85.0 Å². The summed E-state index contributed by atoms with van der Waals surface area (Å²) >= 11 is 7.45. The van der Waals surface area contributed by atoms with Gasteiger partial charge in [0.15, 0.2) is 5.11 Å². The SMILES string of the molecule is O=[N+]([O-])c1ccc(Sc2ccc(N3C(=S)N[C@@H](c4ccccn4)[C@@H]3c3cccn3-c3ccccc3)cc2)cc1. The Balaban J connectivity index is 1.35. The van der Waals surface area contributed by atoms with Crippen molar-refractivity contribution < 1.29 is 4.92 Å². The number of pyridine rings is 1. The zero-order valence-corrected chi connectivity index (χ0v) is 22.3. The molecule has 192 valence electrons. The fourth-order valence-electron chi connectivity index (χ4n) is 4.84. The van der Waals surface area contributed by atoms with Crippen LogP contribution in [0.2, 0.25) is 0 Å². The second-order valence-electron chi connectivity index (χ2n) is 8.98. The van der Waals surface area contributed by atoms with Gasteiger partial charge in [0.1, 0.15) is 6.04 Å². The number of benzene rings is 3. The molecule has 1 saturated heterocycles. The summed E-state index contributed by atoms with van der Waals surface area (Å²) in [5.74, 6) is 0. The molecule has 9 heteroatoms. The number of thiocarbonyl (C=S) groups is 1. The molecular weight excluding hydrogens is 526 g/mol. The van der Waals surface area contributed by atoms with Crippen LogP contribution in [-0.4, -0.2) is 19.6 Å². The van der Waals surface area contributed by atoms with Crippen molar-refractivity contribution in [2.75, 3.05) is 4.90 Å². The minimum atomic E-state index is -0.390. The molecule has 7 nitrogen and oxygen atoms in total. The highest BCUT2D eigenvalue weighted by atomic mass is 32.2. The number of nitro groups is 1. The lowest BCUT2D eigenvalue weighted by molar-refractivity contribution is -0.384. The number of non-ortho nitro benzene ring substituents is 1. The van der Waals surface area contributed by atoms with Crippen LogP contribution in [0.15, 0.2) is 131 Å². The molecule has 0 unspecified atom stereocenters. The number of nitro benzene ring substituents is 1. The third kappa shape index (κ3) is 5.01. The minimum Gasteiger partial charge on any atom is -0.351 e. The van der Waals surface area contributed by atoms with E-state index in [1.165, 1.54) is 12.1 Å². The Bertz CT molecular complexity index is 1610. The third-order valence-corrected chi connectivity index (χ3v) is 7.94. The molecule has 3 aromatic carbocycles. The lowest BCUT2D eigenvalue weighted by Gasteiger charge is -2.29. The molecule has 1 fully saturated rings. The molecule has 0 radical (unpaired) electrons. The van der Waals surface area contributed by atoms with Gasteiger partial charge in [-0.3, -0.25) is 15.1 Å². The van der Waals surface area contributed by atoms with Gasteiger partial charge in [0, 0.05) is 51.4 Å². The van der Waals surface area contributed by atoms with Crippen molar-refractivity contribution in [3.63, 3.8) is 0 Å². The number of hydrogen-bond acceptors (Lipinski definition) is 5. The van der Waals surface area contributed by atoms with Gasteiger partial charge < -0.3 is 14.8 Å². The number of hydrogen-bond donors (Lipinski definition) is 1. The van der Waals surface area contributed by atoms with E-state index in [9.17, 15) is 10.1 Å². The fraction of sp³-hybridized carbons (Fsp3) is 0.0667. The van der Waals surface area contributed by atoms with Crippen LogP contribution in [0.1, 0.15) is 23.5 Å². The largest absolute Gasteiger partial charge is 0.351 e. The van der Waals surface area contributed by atoms with Gasteiger partial charge in [0.25, 0.3) is 5.69 Å². The van der Waals surface area contributed by atoms with Gasteiger partial charge in [-0.25, -0.2) is 0 Å². The van der Waals surface area contributed by atoms with E-state index in [0.29, 0.717) is 5.11 Å². The van der Waals surface area contributed by atoms with Crippen LogP contribution in [0.5, 0.6) is 0 Å². The van der Waals surface area contributed by atoms with Gasteiger partial charge in [0.05, 0.1) is 16.7 Å². The van der Waals surface area contributed by atoms with E-state index in [0.717, 1.165) is 32.6 Å². The van der Waals surface area contributed by atoms with Crippen LogP contribution < -0.4 is 10.2 Å². The molecule has 3 heterocycles. The van der Waals surface area contributed by atoms with Crippen LogP contribution in [0.4, 0.5) is 11.4 Å². The molecular formula is C30H23N5O2S2. The first-order valence-corrected chi connectivity index (χ1v) is 13.6. The van der Waals surface area contributed by atoms with Crippen LogP contribution in [0.3, 0.4) is 0 Å². The molecule has 5 aromatic rings. The Kier molecular flexibility index (Phi) is 6.83. The van der Waals surface area contributed by atoms with Gasteiger partial charge in [-0.15, -0.1) is 0 Å². The van der Waals surface area contributed by atoms with Crippen molar-refractivity contribution in [2.45, 2.75) is 21.9 Å². The van der Waals surface area contributed by atoms with Crippen LogP contribution in [0, 0.1) is 10.1 Å². The van der Waals surface area contributed by atoms with E-state index in [4.69, 9.17) is 12.2 Å². The molecule has 0 amide bonds. The maximum atomic E-state index is 11.0. The van der Waals surface area contributed by atoms with Gasteiger partial charge >= 0.3 is 0 Å². The van der Waals surface area contributed by atoms with E-state index in [2.05, 4.69) is 62.4 Å². The Hall–Kier alpha value is -4.47. The first-order valence-electron chi connectivity index (χ1n) is 12.3. The van der Waals surface area contributed by atoms with Crippen LogP contribution in [-0.2, 0) is 0 Å². The van der Waals surface area contributed by atoms with Crippen molar-refractivity contribution in [3.8, 4) is 5.69 Å². The van der Waals surface area contributed by atoms with Crippen molar-refractivity contribution in [1.82, 2.24) is 14.9 Å². The van der Waals surface area contributed by atoms with Crippen molar-refractivity contribution >= 4 is 40.5 Å². The number of nitrogens with zero attached hydrogens (tertiary/aromatic N) is 4. The molecule has 1 aliphatic rings. The summed E-state index contributed by atoms with van der Waals surface area (Å²) < 4.78 is 2.20. The number of anilines is 1. The topological polar surface area (TPSA) is 76.2 Å². The standard InChI is InChI=1S/C30H23N5O2S2/c36-35(37)23-13-17-25(18-14-23)39-24-15-11-22(12-16-24)34-29(28(32-30(34)38)26-9-4-5-19-31-26)27-10-6-20-33(27)21-7-2-1-3-8-21/h1-20,28-29H,(H,32,38)/t28-,29-/m0/s1. The predicted molar refractivity (Wildman–Crippen MR) is 157 cm³/mol. The van der Waals surface area contributed by atoms with E-state index in [-0.39, 0.29) is 22.7 Å². The molecule has 0 saturated carbocycles. The summed E-state index contributed by atoms with van der Waals surface area (Å²) in [4.78, 5) is 19.3. The molecule has 2 aromatic heterocycles. The number of rotatable bonds is 7.